The Bertz CT molecular complexity index is 1600. The van der Waals surface area contributed by atoms with Gasteiger partial charge in [-0.15, -0.1) is 0 Å². The molecule has 3 aromatic heterocycles. The third-order valence-electron chi connectivity index (χ3n) is 6.11. The predicted molar refractivity (Wildman–Crippen MR) is 126 cm³/mol. The molecule has 0 aliphatic heterocycles. The van der Waals surface area contributed by atoms with Crippen molar-refractivity contribution in [2.45, 2.75) is 6.92 Å². The van der Waals surface area contributed by atoms with Gasteiger partial charge in [0.1, 0.15) is 7.05 Å². The van der Waals surface area contributed by atoms with Crippen LogP contribution in [0, 0.1) is 6.92 Å². The summed E-state index contributed by atoms with van der Waals surface area (Å²) in [5.41, 5.74) is 7.36. The number of rotatable bonds is 2. The average Bonchev–Trinajstić information content (AvgIpc) is 3.19. The van der Waals surface area contributed by atoms with E-state index < -0.39 is 0 Å². The van der Waals surface area contributed by atoms with E-state index in [1.54, 1.807) is 0 Å². The molecule has 0 spiro atoms. The maximum atomic E-state index is 6.40. The molecule has 6 rings (SSSR count). The molecular weight excluding hydrogens is 380 g/mol. The van der Waals surface area contributed by atoms with E-state index in [1.165, 1.54) is 22.1 Å². The second-order valence-corrected chi connectivity index (χ2v) is 8.04. The fourth-order valence-corrected chi connectivity index (χ4v) is 4.51. The first-order valence-corrected chi connectivity index (χ1v) is 10.5. The molecule has 0 N–H and O–H groups in total. The Labute approximate surface area is 180 Å². The van der Waals surface area contributed by atoms with Crippen molar-refractivity contribution in [3.05, 3.63) is 96.8 Å². The van der Waals surface area contributed by atoms with E-state index in [9.17, 15) is 0 Å². The summed E-state index contributed by atoms with van der Waals surface area (Å²) >= 11 is 0. The van der Waals surface area contributed by atoms with Crippen molar-refractivity contribution in [2.75, 3.05) is 0 Å². The minimum absolute atomic E-state index is 0.683. The number of aryl methyl sites for hydroxylation is 2. The van der Waals surface area contributed by atoms with Crippen LogP contribution < -0.4 is 4.57 Å². The first-order chi connectivity index (χ1) is 15.2. The van der Waals surface area contributed by atoms with Crippen molar-refractivity contribution in [1.29, 1.82) is 0 Å². The van der Waals surface area contributed by atoms with Crippen LogP contribution in [-0.4, -0.2) is 4.98 Å². The summed E-state index contributed by atoms with van der Waals surface area (Å²) in [4.78, 5) is 4.63. The van der Waals surface area contributed by atoms with Gasteiger partial charge in [-0.25, -0.2) is 9.55 Å². The number of pyridine rings is 2. The number of benzene rings is 3. The fraction of sp³-hybridized carbons (Fsp3) is 0.0714. The quantitative estimate of drug-likeness (QED) is 0.306. The third-order valence-corrected chi connectivity index (χ3v) is 6.11. The highest BCUT2D eigenvalue weighted by Crippen LogP contribution is 2.39. The second kappa shape index (κ2) is 6.78. The molecule has 0 fully saturated rings. The number of nitrogens with zero attached hydrogens (tertiary/aromatic N) is 2. The lowest BCUT2D eigenvalue weighted by molar-refractivity contribution is -0.660. The van der Waals surface area contributed by atoms with Crippen LogP contribution in [0.15, 0.2) is 95.7 Å². The first-order valence-electron chi connectivity index (χ1n) is 10.5. The van der Waals surface area contributed by atoms with Crippen LogP contribution in [0.1, 0.15) is 5.56 Å². The van der Waals surface area contributed by atoms with E-state index >= 15 is 0 Å². The van der Waals surface area contributed by atoms with E-state index in [4.69, 9.17) is 4.42 Å². The van der Waals surface area contributed by atoms with Gasteiger partial charge in [0.2, 0.25) is 11.4 Å². The van der Waals surface area contributed by atoms with Crippen LogP contribution in [0.2, 0.25) is 0 Å². The van der Waals surface area contributed by atoms with Crippen molar-refractivity contribution in [3.63, 3.8) is 0 Å². The summed E-state index contributed by atoms with van der Waals surface area (Å²) in [5.74, 6) is 0. The molecule has 148 valence electrons. The molecule has 0 atom stereocenters. The maximum Gasteiger partial charge on any atom is 0.227 e. The average molecular weight is 401 g/mol. The Morgan fingerprint density at radius 1 is 0.806 bits per heavy atom. The van der Waals surface area contributed by atoms with Gasteiger partial charge in [-0.3, -0.25) is 0 Å². The van der Waals surface area contributed by atoms with Crippen molar-refractivity contribution in [1.82, 2.24) is 4.98 Å². The number of hydrogen-bond acceptors (Lipinski definition) is 2. The number of fused-ring (bicyclic) bond motifs is 5. The Morgan fingerprint density at radius 2 is 1.61 bits per heavy atom. The number of aromatic nitrogens is 2. The largest absolute Gasteiger partial charge is 0.437 e. The molecule has 3 heterocycles. The highest BCUT2D eigenvalue weighted by atomic mass is 16.3. The lowest BCUT2D eigenvalue weighted by Gasteiger charge is -2.08. The zero-order valence-corrected chi connectivity index (χ0v) is 17.5. The summed E-state index contributed by atoms with van der Waals surface area (Å²) in [6.45, 7) is 2.14. The van der Waals surface area contributed by atoms with Crippen molar-refractivity contribution in [2.24, 2.45) is 7.05 Å². The summed E-state index contributed by atoms with van der Waals surface area (Å²) < 4.78 is 8.56. The molecular formula is C28H21N2O+. The lowest BCUT2D eigenvalue weighted by Crippen LogP contribution is -2.30. The lowest BCUT2D eigenvalue weighted by atomic mass is 9.97. The highest BCUT2D eigenvalue weighted by molar-refractivity contribution is 6.19. The van der Waals surface area contributed by atoms with Crippen molar-refractivity contribution in [3.8, 4) is 22.4 Å². The zero-order chi connectivity index (χ0) is 20.9. The molecule has 0 saturated heterocycles. The van der Waals surface area contributed by atoms with E-state index in [0.717, 1.165) is 33.0 Å². The fourth-order valence-electron chi connectivity index (χ4n) is 4.51. The molecule has 0 unspecified atom stereocenters. The molecule has 0 saturated carbocycles. The van der Waals surface area contributed by atoms with Crippen LogP contribution in [-0.2, 0) is 7.05 Å². The van der Waals surface area contributed by atoms with Crippen LogP contribution in [0.4, 0.5) is 0 Å². The summed E-state index contributed by atoms with van der Waals surface area (Å²) in [6, 6.07) is 27.6. The smallest absolute Gasteiger partial charge is 0.227 e. The molecule has 6 aromatic rings. The van der Waals surface area contributed by atoms with Crippen LogP contribution in [0.3, 0.4) is 0 Å². The van der Waals surface area contributed by atoms with Crippen LogP contribution in [0.25, 0.3) is 55.2 Å². The summed E-state index contributed by atoms with van der Waals surface area (Å²) in [5, 5.41) is 4.47. The molecule has 0 aliphatic rings. The van der Waals surface area contributed by atoms with Gasteiger partial charge in [0.25, 0.3) is 0 Å². The van der Waals surface area contributed by atoms with Gasteiger partial charge in [-0.2, -0.15) is 0 Å². The third kappa shape index (κ3) is 2.74. The maximum absolute atomic E-state index is 6.40. The van der Waals surface area contributed by atoms with E-state index in [2.05, 4.69) is 96.4 Å². The molecule has 0 amide bonds. The first kappa shape index (κ1) is 17.8. The molecule has 3 aromatic carbocycles. The van der Waals surface area contributed by atoms with Gasteiger partial charge in [0.05, 0.1) is 10.9 Å². The van der Waals surface area contributed by atoms with E-state index in [1.807, 2.05) is 18.3 Å². The molecule has 0 aliphatic carbocycles. The van der Waals surface area contributed by atoms with E-state index in [0.29, 0.717) is 5.71 Å². The van der Waals surface area contributed by atoms with Gasteiger partial charge >= 0.3 is 0 Å². The standard InChI is InChI=1S/C28H21N2O/c1-18-12-13-23-26-22-11-7-6-10-21(22)17-29-28(26)31-27(23)25(18)24-16-20(14-15-30(24)2)19-8-4-3-5-9-19/h3-17H,1-2H3/q+1. The minimum atomic E-state index is 0.683. The Balaban J connectivity index is 1.69. The molecule has 3 nitrogen and oxygen atoms in total. The van der Waals surface area contributed by atoms with Crippen LogP contribution in [0.5, 0.6) is 0 Å². The predicted octanol–water partition coefficient (Wildman–Crippen LogP) is 6.60. The van der Waals surface area contributed by atoms with Gasteiger partial charge < -0.3 is 4.42 Å². The Morgan fingerprint density at radius 3 is 2.48 bits per heavy atom. The molecule has 0 radical (unpaired) electrons. The Kier molecular flexibility index (Phi) is 3.90. The molecule has 0 bridgehead atoms. The normalized spacial score (nSPS) is 11.5. The van der Waals surface area contributed by atoms with Crippen molar-refractivity contribution < 1.29 is 8.98 Å². The Hall–Kier alpha value is -3.98. The number of hydrogen-bond donors (Lipinski definition) is 0. The minimum Gasteiger partial charge on any atom is -0.437 e. The molecule has 31 heavy (non-hydrogen) atoms. The van der Waals surface area contributed by atoms with Gasteiger partial charge in [-0.1, -0.05) is 66.7 Å². The van der Waals surface area contributed by atoms with Gasteiger partial charge in [0, 0.05) is 29.1 Å². The van der Waals surface area contributed by atoms with Crippen molar-refractivity contribution >= 4 is 32.8 Å². The zero-order valence-electron chi connectivity index (χ0n) is 17.5. The second-order valence-electron chi connectivity index (χ2n) is 8.04. The molecule has 3 heteroatoms. The van der Waals surface area contributed by atoms with Gasteiger partial charge in [-0.05, 0) is 29.0 Å². The highest BCUT2D eigenvalue weighted by Gasteiger charge is 2.22. The van der Waals surface area contributed by atoms with E-state index in [-0.39, 0.29) is 0 Å². The number of furan rings is 1. The summed E-state index contributed by atoms with van der Waals surface area (Å²) in [7, 11) is 2.08. The topological polar surface area (TPSA) is 29.9 Å². The van der Waals surface area contributed by atoms with Gasteiger partial charge in [0.15, 0.2) is 11.8 Å². The summed E-state index contributed by atoms with van der Waals surface area (Å²) in [6.07, 6.45) is 4.01. The monoisotopic (exact) mass is 401 g/mol. The van der Waals surface area contributed by atoms with Crippen LogP contribution >= 0.6 is 0 Å². The SMILES string of the molecule is Cc1ccc2c(oc3ncc4ccccc4c32)c1-c1cc(-c2ccccc2)cc[n+]1C.